The van der Waals surface area contributed by atoms with Crippen LogP contribution in [-0.2, 0) is 4.74 Å². The Morgan fingerprint density at radius 1 is 1.30 bits per heavy atom. The molecule has 1 saturated heterocycles. The first-order valence-electron chi connectivity index (χ1n) is 3.73. The van der Waals surface area contributed by atoms with E-state index in [0.717, 1.165) is 26.3 Å². The Bertz CT molecular complexity index is 79.7. The largest absolute Gasteiger partial charge is 0.378 e. The van der Waals surface area contributed by atoms with Gasteiger partial charge in [-0.15, -0.1) is 0 Å². The van der Waals surface area contributed by atoms with E-state index in [2.05, 4.69) is 11.8 Å². The summed E-state index contributed by atoms with van der Waals surface area (Å²) in [5, 5.41) is 5.66. The smallest absolute Gasteiger partial charge is 0.0659 e. The van der Waals surface area contributed by atoms with Crippen LogP contribution < -0.4 is 0 Å². The lowest BCUT2D eigenvalue weighted by molar-refractivity contribution is 0.0399. The predicted molar refractivity (Wildman–Crippen MR) is 43.3 cm³/mol. The number of hydrogen-bond donors (Lipinski definition) is 0. The van der Waals surface area contributed by atoms with E-state index in [1.54, 1.807) is 0 Å². The van der Waals surface area contributed by atoms with E-state index >= 15 is 0 Å². The van der Waals surface area contributed by atoms with Crippen LogP contribution in [0.2, 0.25) is 0 Å². The highest BCUT2D eigenvalue weighted by Crippen LogP contribution is 1.94. The molecule has 1 aliphatic heterocycles. The summed E-state index contributed by atoms with van der Waals surface area (Å²) in [7, 11) is 0. The third-order valence-corrected chi connectivity index (χ3v) is 1.19. The molecule has 0 aromatic carbocycles. The van der Waals surface area contributed by atoms with Gasteiger partial charge in [-0.05, 0) is 0 Å². The fourth-order valence-electron chi connectivity index (χ4n) is 0.695. The van der Waals surface area contributed by atoms with Crippen LogP contribution in [0.5, 0.6) is 0 Å². The predicted octanol–water partition coefficient (Wildman–Crippen LogP) is 0.960. The van der Waals surface area contributed by atoms with Crippen molar-refractivity contribution in [2.24, 2.45) is 5.10 Å². The summed E-state index contributed by atoms with van der Waals surface area (Å²) in [6.45, 7) is 10.8. The van der Waals surface area contributed by atoms with Gasteiger partial charge < -0.3 is 4.74 Å². The molecule has 0 saturated carbocycles. The maximum atomic E-state index is 5.07. The van der Waals surface area contributed by atoms with E-state index in [-0.39, 0.29) is 0 Å². The number of rotatable bonds is 1. The molecule has 0 radical (unpaired) electrons. The van der Waals surface area contributed by atoms with Crippen molar-refractivity contribution in [2.75, 3.05) is 26.3 Å². The van der Waals surface area contributed by atoms with Crippen molar-refractivity contribution in [3.63, 3.8) is 0 Å². The lowest BCUT2D eigenvalue weighted by atomic mass is 10.5. The first-order chi connectivity index (χ1) is 4.93. The second-order valence-corrected chi connectivity index (χ2v) is 1.71. The van der Waals surface area contributed by atoms with E-state index < -0.39 is 0 Å². The molecule has 1 heterocycles. The molecular formula is C7H16N2O. The molecule has 3 nitrogen and oxygen atoms in total. The maximum absolute atomic E-state index is 5.07. The SMILES string of the molecule is C=NN1CCOCC1.CC. The molecule has 1 fully saturated rings. The summed E-state index contributed by atoms with van der Waals surface area (Å²) in [5.74, 6) is 0. The second-order valence-electron chi connectivity index (χ2n) is 1.71. The summed E-state index contributed by atoms with van der Waals surface area (Å²) < 4.78 is 5.07. The molecule has 1 aliphatic rings. The monoisotopic (exact) mass is 144 g/mol. The Morgan fingerprint density at radius 2 is 1.80 bits per heavy atom. The van der Waals surface area contributed by atoms with E-state index in [4.69, 9.17) is 4.74 Å². The van der Waals surface area contributed by atoms with Gasteiger partial charge in [-0.25, -0.2) is 0 Å². The van der Waals surface area contributed by atoms with Gasteiger partial charge in [-0.3, -0.25) is 5.01 Å². The standard InChI is InChI=1S/C5H10N2O.C2H6/c1-6-7-2-4-8-5-3-7;1-2/h1-5H2;1-2H3. The zero-order chi connectivity index (χ0) is 7.82. The summed E-state index contributed by atoms with van der Waals surface area (Å²) in [5.41, 5.74) is 0. The summed E-state index contributed by atoms with van der Waals surface area (Å²) in [6.07, 6.45) is 0. The highest BCUT2D eigenvalue weighted by molar-refractivity contribution is 5.22. The summed E-state index contributed by atoms with van der Waals surface area (Å²) in [6, 6.07) is 0. The molecule has 0 aromatic heterocycles. The highest BCUT2D eigenvalue weighted by Gasteiger charge is 2.04. The summed E-state index contributed by atoms with van der Waals surface area (Å²) in [4.78, 5) is 0. The van der Waals surface area contributed by atoms with Crippen LogP contribution in [0.1, 0.15) is 13.8 Å². The number of nitrogens with zero attached hydrogens (tertiary/aromatic N) is 2. The topological polar surface area (TPSA) is 24.8 Å². The Kier molecular flexibility index (Phi) is 6.18. The maximum Gasteiger partial charge on any atom is 0.0659 e. The number of ether oxygens (including phenoxy) is 1. The molecule has 0 bridgehead atoms. The molecule has 0 aromatic rings. The molecule has 0 atom stereocenters. The van der Waals surface area contributed by atoms with Crippen LogP contribution in [0.25, 0.3) is 0 Å². The Morgan fingerprint density at radius 3 is 2.10 bits per heavy atom. The van der Waals surface area contributed by atoms with Crippen LogP contribution in [-0.4, -0.2) is 38.0 Å². The molecule has 0 amide bonds. The Hall–Kier alpha value is -0.570. The van der Waals surface area contributed by atoms with Crippen molar-refractivity contribution in [1.29, 1.82) is 0 Å². The van der Waals surface area contributed by atoms with Crippen LogP contribution in [0.15, 0.2) is 5.10 Å². The first-order valence-corrected chi connectivity index (χ1v) is 3.73. The molecule has 10 heavy (non-hydrogen) atoms. The van der Waals surface area contributed by atoms with Gasteiger partial charge in [-0.2, -0.15) is 5.10 Å². The van der Waals surface area contributed by atoms with Gasteiger partial charge >= 0.3 is 0 Å². The minimum absolute atomic E-state index is 0.791. The van der Waals surface area contributed by atoms with Gasteiger partial charge in [0, 0.05) is 6.72 Å². The van der Waals surface area contributed by atoms with E-state index in [1.165, 1.54) is 0 Å². The third-order valence-electron chi connectivity index (χ3n) is 1.19. The molecule has 1 rings (SSSR count). The fourth-order valence-corrected chi connectivity index (χ4v) is 0.695. The summed E-state index contributed by atoms with van der Waals surface area (Å²) >= 11 is 0. The molecule has 0 N–H and O–H groups in total. The average Bonchev–Trinajstić information content (AvgIpc) is 2.10. The quantitative estimate of drug-likeness (QED) is 0.512. The molecular weight excluding hydrogens is 128 g/mol. The van der Waals surface area contributed by atoms with Crippen molar-refractivity contribution in [3.8, 4) is 0 Å². The van der Waals surface area contributed by atoms with Gasteiger partial charge in [0.2, 0.25) is 0 Å². The molecule has 3 heteroatoms. The lowest BCUT2D eigenvalue weighted by Crippen LogP contribution is -2.31. The van der Waals surface area contributed by atoms with Gasteiger partial charge in [-0.1, -0.05) is 13.8 Å². The van der Waals surface area contributed by atoms with Crippen LogP contribution in [0, 0.1) is 0 Å². The number of morpholine rings is 1. The fraction of sp³-hybridized carbons (Fsp3) is 0.857. The van der Waals surface area contributed by atoms with E-state index in [1.807, 2.05) is 18.9 Å². The van der Waals surface area contributed by atoms with Gasteiger partial charge in [0.05, 0.1) is 26.3 Å². The van der Waals surface area contributed by atoms with Gasteiger partial charge in [0.15, 0.2) is 0 Å². The first kappa shape index (κ1) is 9.43. The zero-order valence-electron chi connectivity index (χ0n) is 6.84. The average molecular weight is 144 g/mol. The van der Waals surface area contributed by atoms with Crippen LogP contribution in [0.4, 0.5) is 0 Å². The Labute approximate surface area is 62.7 Å². The highest BCUT2D eigenvalue weighted by atomic mass is 16.5. The lowest BCUT2D eigenvalue weighted by Gasteiger charge is -2.22. The van der Waals surface area contributed by atoms with Crippen molar-refractivity contribution >= 4 is 6.72 Å². The van der Waals surface area contributed by atoms with Crippen molar-refractivity contribution in [3.05, 3.63) is 0 Å². The minimum Gasteiger partial charge on any atom is -0.378 e. The molecule has 0 unspecified atom stereocenters. The second kappa shape index (κ2) is 6.55. The molecule has 0 spiro atoms. The minimum atomic E-state index is 0.791. The molecule has 0 aliphatic carbocycles. The number of hydrazone groups is 1. The van der Waals surface area contributed by atoms with Gasteiger partial charge in [0.25, 0.3) is 0 Å². The normalized spacial score (nSPS) is 17.2. The van der Waals surface area contributed by atoms with Crippen molar-refractivity contribution < 1.29 is 4.74 Å². The van der Waals surface area contributed by atoms with E-state index in [9.17, 15) is 0 Å². The Balaban J connectivity index is 0.000000371. The molecule has 60 valence electrons. The third kappa shape index (κ3) is 3.45. The van der Waals surface area contributed by atoms with Crippen LogP contribution in [0.3, 0.4) is 0 Å². The van der Waals surface area contributed by atoms with Gasteiger partial charge in [0.1, 0.15) is 0 Å². The van der Waals surface area contributed by atoms with Crippen LogP contribution >= 0.6 is 0 Å². The van der Waals surface area contributed by atoms with E-state index in [0.29, 0.717) is 0 Å². The van der Waals surface area contributed by atoms with Crippen molar-refractivity contribution in [1.82, 2.24) is 5.01 Å². The number of hydrogen-bond acceptors (Lipinski definition) is 3. The van der Waals surface area contributed by atoms with Crippen molar-refractivity contribution in [2.45, 2.75) is 13.8 Å². The zero-order valence-corrected chi connectivity index (χ0v) is 6.84.